The minimum Gasteiger partial charge on any atom is -0.308 e. The van der Waals surface area contributed by atoms with Gasteiger partial charge in [-0.05, 0) is 25.3 Å². The number of aryl methyl sites for hydroxylation is 1. The van der Waals surface area contributed by atoms with Crippen LogP contribution in [-0.4, -0.2) is 35.7 Å². The molecule has 1 heterocycles. The fraction of sp³-hybridized carbons (Fsp3) is 0.750. The van der Waals surface area contributed by atoms with Gasteiger partial charge in [0.15, 0.2) is 0 Å². The van der Waals surface area contributed by atoms with Crippen LogP contribution in [0.2, 0.25) is 0 Å². The molecule has 1 saturated carbocycles. The van der Waals surface area contributed by atoms with E-state index < -0.39 is 9.84 Å². The van der Waals surface area contributed by atoms with Gasteiger partial charge in [0.05, 0.1) is 10.9 Å². The Hall–Kier alpha value is -0.880. The van der Waals surface area contributed by atoms with E-state index >= 15 is 0 Å². The standard InChI is InChI=1S/C12H21N3O2S/c1-15-11(6-7-14-15)9-13-10-4-3-5-12(8-10)18(2,16)17/h6-7,10,12-13H,3-5,8-9H2,1-2H3. The van der Waals surface area contributed by atoms with Gasteiger partial charge in [0.25, 0.3) is 0 Å². The molecule has 0 bridgehead atoms. The summed E-state index contributed by atoms with van der Waals surface area (Å²) in [4.78, 5) is 0. The molecule has 102 valence electrons. The van der Waals surface area contributed by atoms with Gasteiger partial charge in [-0.15, -0.1) is 0 Å². The van der Waals surface area contributed by atoms with Gasteiger partial charge < -0.3 is 5.32 Å². The number of nitrogens with zero attached hydrogens (tertiary/aromatic N) is 2. The average molecular weight is 271 g/mol. The molecule has 0 aromatic carbocycles. The van der Waals surface area contributed by atoms with Crippen LogP contribution in [0.4, 0.5) is 0 Å². The van der Waals surface area contributed by atoms with Crippen molar-refractivity contribution in [2.45, 2.75) is 43.5 Å². The van der Waals surface area contributed by atoms with Crippen molar-refractivity contribution in [3.05, 3.63) is 18.0 Å². The number of sulfone groups is 1. The van der Waals surface area contributed by atoms with Crippen LogP contribution in [0.3, 0.4) is 0 Å². The van der Waals surface area contributed by atoms with E-state index in [-0.39, 0.29) is 5.25 Å². The highest BCUT2D eigenvalue weighted by atomic mass is 32.2. The Kier molecular flexibility index (Phi) is 4.07. The zero-order chi connectivity index (χ0) is 13.2. The van der Waals surface area contributed by atoms with Gasteiger partial charge in [-0.25, -0.2) is 8.42 Å². The molecule has 2 rings (SSSR count). The van der Waals surface area contributed by atoms with E-state index in [0.717, 1.165) is 37.9 Å². The molecule has 5 nitrogen and oxygen atoms in total. The lowest BCUT2D eigenvalue weighted by atomic mass is 9.95. The molecule has 18 heavy (non-hydrogen) atoms. The molecule has 1 fully saturated rings. The lowest BCUT2D eigenvalue weighted by Crippen LogP contribution is -2.38. The van der Waals surface area contributed by atoms with E-state index in [1.807, 2.05) is 17.8 Å². The largest absolute Gasteiger partial charge is 0.308 e. The third kappa shape index (κ3) is 3.32. The van der Waals surface area contributed by atoms with E-state index in [2.05, 4.69) is 10.4 Å². The molecular formula is C12H21N3O2S. The van der Waals surface area contributed by atoms with Crippen molar-refractivity contribution in [2.75, 3.05) is 6.26 Å². The fourth-order valence-corrected chi connectivity index (χ4v) is 3.72. The van der Waals surface area contributed by atoms with Gasteiger partial charge in [0.1, 0.15) is 9.84 Å². The monoisotopic (exact) mass is 271 g/mol. The summed E-state index contributed by atoms with van der Waals surface area (Å²) in [6.45, 7) is 0.748. The van der Waals surface area contributed by atoms with E-state index in [0.29, 0.717) is 6.04 Å². The molecule has 0 aliphatic heterocycles. The first-order valence-corrected chi connectivity index (χ1v) is 8.31. The number of hydrogen-bond donors (Lipinski definition) is 1. The number of aromatic nitrogens is 2. The van der Waals surface area contributed by atoms with E-state index in [1.54, 1.807) is 6.20 Å². The average Bonchev–Trinajstić information content (AvgIpc) is 2.72. The summed E-state index contributed by atoms with van der Waals surface area (Å²) in [5.74, 6) is 0. The van der Waals surface area contributed by atoms with Crippen LogP contribution in [0.25, 0.3) is 0 Å². The summed E-state index contributed by atoms with van der Waals surface area (Å²) in [7, 11) is -0.983. The highest BCUT2D eigenvalue weighted by Crippen LogP contribution is 2.24. The maximum absolute atomic E-state index is 11.6. The van der Waals surface area contributed by atoms with Gasteiger partial charge in [0.2, 0.25) is 0 Å². The van der Waals surface area contributed by atoms with Gasteiger partial charge >= 0.3 is 0 Å². The first-order valence-electron chi connectivity index (χ1n) is 6.36. The number of rotatable bonds is 4. The second kappa shape index (κ2) is 5.40. The predicted octanol–water partition coefficient (Wildman–Crippen LogP) is 0.865. The molecule has 0 saturated heterocycles. The molecule has 0 amide bonds. The van der Waals surface area contributed by atoms with Crippen molar-refractivity contribution in [1.29, 1.82) is 0 Å². The highest BCUT2D eigenvalue weighted by molar-refractivity contribution is 7.91. The summed E-state index contributed by atoms with van der Waals surface area (Å²) in [6.07, 6.45) is 6.71. The smallest absolute Gasteiger partial charge is 0.150 e. The van der Waals surface area contributed by atoms with Crippen LogP contribution in [-0.2, 0) is 23.4 Å². The Morgan fingerprint density at radius 1 is 1.50 bits per heavy atom. The number of hydrogen-bond acceptors (Lipinski definition) is 4. The van der Waals surface area contributed by atoms with Crippen molar-refractivity contribution in [2.24, 2.45) is 7.05 Å². The molecular weight excluding hydrogens is 250 g/mol. The van der Waals surface area contributed by atoms with E-state index in [1.165, 1.54) is 6.26 Å². The lowest BCUT2D eigenvalue weighted by Gasteiger charge is -2.28. The first-order chi connectivity index (χ1) is 8.47. The topological polar surface area (TPSA) is 64.0 Å². The van der Waals surface area contributed by atoms with Crippen LogP contribution in [0, 0.1) is 0 Å². The number of nitrogens with one attached hydrogen (secondary N) is 1. The van der Waals surface area contributed by atoms with Gasteiger partial charge in [-0.2, -0.15) is 5.10 Å². The summed E-state index contributed by atoms with van der Waals surface area (Å²) in [6, 6.07) is 2.28. The predicted molar refractivity (Wildman–Crippen MR) is 70.9 cm³/mol. The Morgan fingerprint density at radius 2 is 2.28 bits per heavy atom. The molecule has 1 aromatic heterocycles. The van der Waals surface area contributed by atoms with E-state index in [4.69, 9.17) is 0 Å². The van der Waals surface area contributed by atoms with Crippen molar-refractivity contribution in [3.63, 3.8) is 0 Å². The Morgan fingerprint density at radius 3 is 2.89 bits per heavy atom. The minimum absolute atomic E-state index is 0.171. The molecule has 1 N–H and O–H groups in total. The molecule has 0 radical (unpaired) electrons. The highest BCUT2D eigenvalue weighted by Gasteiger charge is 2.28. The van der Waals surface area contributed by atoms with Crippen LogP contribution in [0.5, 0.6) is 0 Å². The molecule has 1 aliphatic carbocycles. The molecule has 2 unspecified atom stereocenters. The minimum atomic E-state index is -2.90. The van der Waals surface area contributed by atoms with Gasteiger partial charge in [-0.1, -0.05) is 6.42 Å². The van der Waals surface area contributed by atoms with Crippen molar-refractivity contribution < 1.29 is 8.42 Å². The molecule has 6 heteroatoms. The molecule has 1 aromatic rings. The van der Waals surface area contributed by atoms with E-state index in [9.17, 15) is 8.42 Å². The van der Waals surface area contributed by atoms with Gasteiger partial charge in [0, 0.05) is 32.1 Å². The zero-order valence-electron chi connectivity index (χ0n) is 11.0. The van der Waals surface area contributed by atoms with Gasteiger partial charge in [-0.3, -0.25) is 4.68 Å². The Labute approximate surface area is 108 Å². The summed E-state index contributed by atoms with van der Waals surface area (Å²) in [5.41, 5.74) is 1.12. The summed E-state index contributed by atoms with van der Waals surface area (Å²) in [5, 5.41) is 7.39. The second-order valence-corrected chi connectivity index (χ2v) is 7.47. The maximum atomic E-state index is 11.6. The zero-order valence-corrected chi connectivity index (χ0v) is 11.8. The molecule has 2 atom stereocenters. The summed E-state index contributed by atoms with van der Waals surface area (Å²) < 4.78 is 25.0. The van der Waals surface area contributed by atoms with Crippen LogP contribution >= 0.6 is 0 Å². The van der Waals surface area contributed by atoms with Crippen LogP contribution < -0.4 is 5.32 Å². The first kappa shape index (κ1) is 13.5. The second-order valence-electron chi connectivity index (χ2n) is 5.14. The van der Waals surface area contributed by atoms with Crippen molar-refractivity contribution >= 4 is 9.84 Å². The van der Waals surface area contributed by atoms with Crippen LogP contribution in [0.1, 0.15) is 31.4 Å². The SMILES string of the molecule is Cn1nccc1CNC1CCCC(S(C)(=O)=O)C1. The fourth-order valence-electron chi connectivity index (χ4n) is 2.54. The van der Waals surface area contributed by atoms with Crippen LogP contribution in [0.15, 0.2) is 12.3 Å². The Balaban J connectivity index is 1.89. The van der Waals surface area contributed by atoms with Crippen molar-refractivity contribution in [3.8, 4) is 0 Å². The quantitative estimate of drug-likeness (QED) is 0.882. The maximum Gasteiger partial charge on any atom is 0.150 e. The van der Waals surface area contributed by atoms with Crippen molar-refractivity contribution in [1.82, 2.24) is 15.1 Å². The lowest BCUT2D eigenvalue weighted by molar-refractivity contribution is 0.367. The third-order valence-electron chi connectivity index (χ3n) is 3.73. The molecule has 0 spiro atoms. The summed E-state index contributed by atoms with van der Waals surface area (Å²) >= 11 is 0. The molecule has 1 aliphatic rings. The Bertz CT molecular complexity index is 495. The normalized spacial score (nSPS) is 25.2. The third-order valence-corrected chi connectivity index (χ3v) is 5.37.